The van der Waals surface area contributed by atoms with Crippen LogP contribution < -0.4 is 0 Å². The van der Waals surface area contributed by atoms with Gasteiger partial charge in [0.1, 0.15) is 5.82 Å². The number of benzene rings is 1. The van der Waals surface area contributed by atoms with Crippen LogP contribution in [0.25, 0.3) is 0 Å². The predicted octanol–water partition coefficient (Wildman–Crippen LogP) is 4.48. The molecule has 0 aliphatic heterocycles. The van der Waals surface area contributed by atoms with Crippen molar-refractivity contribution in [1.29, 1.82) is 0 Å². The quantitative estimate of drug-likeness (QED) is 0.601. The van der Waals surface area contributed by atoms with Crippen molar-refractivity contribution < 1.29 is 4.39 Å². The minimum absolute atomic E-state index is 0.181. The molecule has 0 atom stereocenters. The van der Waals surface area contributed by atoms with Crippen LogP contribution in [0.1, 0.15) is 22.4 Å². The molecule has 2 heterocycles. The summed E-state index contributed by atoms with van der Waals surface area (Å²) < 4.78 is 15.2. The highest BCUT2D eigenvalue weighted by Crippen LogP contribution is 2.19. The third-order valence-corrected chi connectivity index (χ3v) is 5.11. The van der Waals surface area contributed by atoms with E-state index >= 15 is 0 Å². The fraction of sp³-hybridized carbons (Fsp3) is 0.316. The number of rotatable bonds is 8. The summed E-state index contributed by atoms with van der Waals surface area (Å²) in [5.41, 5.74) is 2.49. The molecule has 3 nitrogen and oxygen atoms in total. The first kappa shape index (κ1) is 16.9. The molecule has 0 aliphatic rings. The van der Waals surface area contributed by atoms with Gasteiger partial charge in [0.2, 0.25) is 0 Å². The second kappa shape index (κ2) is 8.22. The van der Waals surface area contributed by atoms with Crippen LogP contribution in [0.3, 0.4) is 0 Å². The molecule has 0 saturated carbocycles. The number of aromatic nitrogens is 2. The van der Waals surface area contributed by atoms with Crippen molar-refractivity contribution in [3.05, 3.63) is 76.3 Å². The number of aryl methyl sites for hydroxylation is 2. The Morgan fingerprint density at radius 2 is 2.00 bits per heavy atom. The van der Waals surface area contributed by atoms with Crippen molar-refractivity contribution in [2.45, 2.75) is 33.0 Å². The van der Waals surface area contributed by atoms with E-state index < -0.39 is 0 Å². The van der Waals surface area contributed by atoms with E-state index in [1.54, 1.807) is 11.3 Å². The van der Waals surface area contributed by atoms with Gasteiger partial charge in [-0.2, -0.15) is 0 Å². The first-order valence-corrected chi connectivity index (χ1v) is 9.04. The molecule has 0 bridgehead atoms. The second-order valence-electron chi connectivity index (χ2n) is 6.02. The molecule has 2 aromatic heterocycles. The Morgan fingerprint density at radius 3 is 2.67 bits per heavy atom. The number of halogens is 1. The van der Waals surface area contributed by atoms with Gasteiger partial charge in [0.05, 0.1) is 6.33 Å². The summed E-state index contributed by atoms with van der Waals surface area (Å²) in [6.07, 6.45) is 6.72. The molecule has 3 aromatic rings. The van der Waals surface area contributed by atoms with E-state index in [4.69, 9.17) is 0 Å². The summed E-state index contributed by atoms with van der Waals surface area (Å²) in [7, 11) is 0. The highest BCUT2D eigenvalue weighted by atomic mass is 32.1. The smallest absolute Gasteiger partial charge is 0.123 e. The molecule has 0 N–H and O–H groups in total. The van der Waals surface area contributed by atoms with E-state index in [9.17, 15) is 4.39 Å². The summed E-state index contributed by atoms with van der Waals surface area (Å²) in [6, 6.07) is 8.99. The molecule has 126 valence electrons. The third-order valence-electron chi connectivity index (χ3n) is 4.10. The van der Waals surface area contributed by atoms with Crippen molar-refractivity contribution in [2.75, 3.05) is 6.54 Å². The highest BCUT2D eigenvalue weighted by molar-refractivity contribution is 7.10. The molecule has 3 rings (SSSR count). The highest BCUT2D eigenvalue weighted by Gasteiger charge is 2.10. The standard InChI is InChI=1S/C19H22FN3S/c1-16-7-12-24-19(16)14-23(10-2-9-22-11-8-21-15-22)13-17-3-5-18(20)6-4-17/h3-8,11-12,15H,2,9-10,13-14H2,1H3. The van der Waals surface area contributed by atoms with E-state index in [-0.39, 0.29) is 5.82 Å². The topological polar surface area (TPSA) is 21.1 Å². The van der Waals surface area contributed by atoms with Gasteiger partial charge in [-0.05, 0) is 48.1 Å². The van der Waals surface area contributed by atoms with Crippen molar-refractivity contribution in [3.63, 3.8) is 0 Å². The molecule has 0 amide bonds. The van der Waals surface area contributed by atoms with Gasteiger partial charge in [-0.3, -0.25) is 4.90 Å². The van der Waals surface area contributed by atoms with Crippen molar-refractivity contribution in [1.82, 2.24) is 14.5 Å². The zero-order chi connectivity index (χ0) is 16.8. The summed E-state index contributed by atoms with van der Waals surface area (Å²) in [5, 5.41) is 2.15. The first-order chi connectivity index (χ1) is 11.7. The van der Waals surface area contributed by atoms with Crippen LogP contribution in [0.5, 0.6) is 0 Å². The largest absolute Gasteiger partial charge is 0.337 e. The predicted molar refractivity (Wildman–Crippen MR) is 96.4 cm³/mol. The number of hydrogen-bond donors (Lipinski definition) is 0. The lowest BCUT2D eigenvalue weighted by molar-refractivity contribution is 0.250. The van der Waals surface area contributed by atoms with Crippen LogP contribution in [0.15, 0.2) is 54.4 Å². The molecular formula is C19H22FN3S. The molecule has 0 radical (unpaired) electrons. The molecule has 0 saturated heterocycles. The zero-order valence-corrected chi connectivity index (χ0v) is 14.7. The minimum Gasteiger partial charge on any atom is -0.337 e. The van der Waals surface area contributed by atoms with Crippen LogP contribution >= 0.6 is 11.3 Å². The number of thiophene rings is 1. The number of nitrogens with zero attached hydrogens (tertiary/aromatic N) is 3. The van der Waals surface area contributed by atoms with Gasteiger partial charge in [0.15, 0.2) is 0 Å². The Balaban J connectivity index is 1.63. The maximum Gasteiger partial charge on any atom is 0.123 e. The summed E-state index contributed by atoms with van der Waals surface area (Å²) in [6.45, 7) is 5.88. The van der Waals surface area contributed by atoms with Crippen molar-refractivity contribution in [3.8, 4) is 0 Å². The van der Waals surface area contributed by atoms with Crippen LogP contribution in [0.4, 0.5) is 4.39 Å². The molecule has 0 unspecified atom stereocenters. The van der Waals surface area contributed by atoms with E-state index in [0.717, 1.165) is 38.2 Å². The van der Waals surface area contributed by atoms with Crippen molar-refractivity contribution in [2.24, 2.45) is 0 Å². The molecule has 0 spiro atoms. The summed E-state index contributed by atoms with van der Waals surface area (Å²) in [5.74, 6) is -0.181. The molecule has 0 fully saturated rings. The van der Waals surface area contributed by atoms with Gasteiger partial charge in [-0.15, -0.1) is 11.3 Å². The van der Waals surface area contributed by atoms with Gasteiger partial charge in [0.25, 0.3) is 0 Å². The zero-order valence-electron chi connectivity index (χ0n) is 13.9. The molecule has 0 aliphatic carbocycles. The minimum atomic E-state index is -0.181. The lowest BCUT2D eigenvalue weighted by atomic mass is 10.2. The fourth-order valence-corrected chi connectivity index (χ4v) is 3.67. The van der Waals surface area contributed by atoms with Crippen LogP contribution in [0, 0.1) is 12.7 Å². The Labute approximate surface area is 146 Å². The lowest BCUT2D eigenvalue weighted by Crippen LogP contribution is -2.24. The Bertz CT molecular complexity index is 734. The summed E-state index contributed by atoms with van der Waals surface area (Å²) in [4.78, 5) is 7.92. The fourth-order valence-electron chi connectivity index (χ4n) is 2.73. The maximum absolute atomic E-state index is 13.1. The van der Waals surface area contributed by atoms with Gasteiger partial charge in [-0.25, -0.2) is 9.37 Å². The normalized spacial score (nSPS) is 11.3. The van der Waals surface area contributed by atoms with E-state index in [0.29, 0.717) is 0 Å². The summed E-state index contributed by atoms with van der Waals surface area (Å²) >= 11 is 1.81. The van der Waals surface area contributed by atoms with Crippen molar-refractivity contribution >= 4 is 11.3 Å². The van der Waals surface area contributed by atoms with E-state index in [1.807, 2.05) is 30.9 Å². The third kappa shape index (κ3) is 4.76. The van der Waals surface area contributed by atoms with Gasteiger partial charge < -0.3 is 4.57 Å². The first-order valence-electron chi connectivity index (χ1n) is 8.16. The molecular weight excluding hydrogens is 321 g/mol. The average molecular weight is 343 g/mol. The van der Waals surface area contributed by atoms with Crippen LogP contribution in [0.2, 0.25) is 0 Å². The molecule has 5 heteroatoms. The Kier molecular flexibility index (Phi) is 5.77. The number of hydrogen-bond acceptors (Lipinski definition) is 3. The van der Waals surface area contributed by atoms with E-state index in [2.05, 4.69) is 32.8 Å². The second-order valence-corrected chi connectivity index (χ2v) is 7.02. The lowest BCUT2D eigenvalue weighted by Gasteiger charge is -2.22. The van der Waals surface area contributed by atoms with Gasteiger partial charge in [0, 0.05) is 43.4 Å². The van der Waals surface area contributed by atoms with Crippen LogP contribution in [-0.2, 0) is 19.6 Å². The maximum atomic E-state index is 13.1. The Morgan fingerprint density at radius 1 is 1.17 bits per heavy atom. The van der Waals surface area contributed by atoms with Gasteiger partial charge in [-0.1, -0.05) is 12.1 Å². The number of imidazole rings is 1. The molecule has 1 aromatic carbocycles. The monoisotopic (exact) mass is 343 g/mol. The van der Waals surface area contributed by atoms with Crippen LogP contribution in [-0.4, -0.2) is 21.0 Å². The van der Waals surface area contributed by atoms with Gasteiger partial charge >= 0.3 is 0 Å². The molecule has 24 heavy (non-hydrogen) atoms. The SMILES string of the molecule is Cc1ccsc1CN(CCCn1ccnc1)Cc1ccc(F)cc1. The van der Waals surface area contributed by atoms with E-state index in [1.165, 1.54) is 22.6 Å². The average Bonchev–Trinajstić information content (AvgIpc) is 3.22. The Hall–Kier alpha value is -1.98.